The predicted octanol–water partition coefficient (Wildman–Crippen LogP) is 0.987. The first-order valence-corrected chi connectivity index (χ1v) is 9.53. The number of nitrogens with zero attached hydrogens (tertiary/aromatic N) is 2. The van der Waals surface area contributed by atoms with Gasteiger partial charge >= 0.3 is 0 Å². The molecule has 2 fully saturated rings. The lowest BCUT2D eigenvalue weighted by molar-refractivity contribution is 0.0950. The number of carbonyl (C=O) groups is 1. The van der Waals surface area contributed by atoms with E-state index in [1.807, 2.05) is 11.8 Å². The molecule has 2 aliphatic rings. The number of pyridine rings is 1. The highest BCUT2D eigenvalue weighted by Gasteiger charge is 2.32. The zero-order valence-corrected chi connectivity index (χ0v) is 13.5. The molecule has 120 valence electrons. The average molecular weight is 323 g/mol. The van der Waals surface area contributed by atoms with Crippen molar-refractivity contribution in [2.75, 3.05) is 23.0 Å². The average Bonchev–Trinajstić information content (AvgIpc) is 3.22. The van der Waals surface area contributed by atoms with E-state index >= 15 is 0 Å². The maximum Gasteiger partial charge on any atom is 0.253 e. The zero-order valence-electron chi connectivity index (χ0n) is 12.7. The van der Waals surface area contributed by atoms with Gasteiger partial charge in [0.2, 0.25) is 0 Å². The van der Waals surface area contributed by atoms with Crippen molar-refractivity contribution in [2.24, 2.45) is 0 Å². The first-order chi connectivity index (χ1) is 10.5. The van der Waals surface area contributed by atoms with Crippen LogP contribution in [0.25, 0.3) is 0 Å². The van der Waals surface area contributed by atoms with Crippen LogP contribution >= 0.6 is 0 Å². The van der Waals surface area contributed by atoms with Crippen molar-refractivity contribution in [1.29, 1.82) is 0 Å². The molecule has 1 saturated carbocycles. The summed E-state index contributed by atoms with van der Waals surface area (Å²) >= 11 is 0. The fraction of sp³-hybridized carbons (Fsp3) is 0.600. The van der Waals surface area contributed by atoms with Gasteiger partial charge in [-0.25, -0.2) is 8.42 Å². The highest BCUT2D eigenvalue weighted by atomic mass is 32.2. The summed E-state index contributed by atoms with van der Waals surface area (Å²) in [5.74, 6) is 0.315. The summed E-state index contributed by atoms with van der Waals surface area (Å²) in [7, 11) is -2.93. The Kier molecular flexibility index (Phi) is 4.08. The maximum absolute atomic E-state index is 12.1. The molecular formula is C15H21N3O3S. The molecule has 0 radical (unpaired) electrons. The third kappa shape index (κ3) is 3.40. The van der Waals surface area contributed by atoms with Crippen LogP contribution in [0.2, 0.25) is 0 Å². The minimum absolute atomic E-state index is 0.0291. The van der Waals surface area contributed by atoms with Crippen LogP contribution in [-0.4, -0.2) is 49.4 Å². The summed E-state index contributed by atoms with van der Waals surface area (Å²) in [5.41, 5.74) is 1.34. The van der Waals surface area contributed by atoms with E-state index in [9.17, 15) is 13.2 Å². The molecule has 0 bridgehead atoms. The van der Waals surface area contributed by atoms with Gasteiger partial charge in [-0.3, -0.25) is 9.78 Å². The normalized spacial score (nSPS) is 23.2. The first kappa shape index (κ1) is 15.3. The van der Waals surface area contributed by atoms with Crippen LogP contribution in [0, 0.1) is 0 Å². The van der Waals surface area contributed by atoms with Crippen molar-refractivity contribution in [2.45, 2.75) is 38.3 Å². The summed E-state index contributed by atoms with van der Waals surface area (Å²) in [6.45, 7) is 2.68. The molecular weight excluding hydrogens is 302 g/mol. The van der Waals surface area contributed by atoms with Crippen LogP contribution < -0.4 is 10.2 Å². The SMILES string of the molecule is CCN(c1cncc(C(=O)NC2CC2)c1)C1CCS(=O)(=O)C1. The van der Waals surface area contributed by atoms with Crippen LogP contribution in [0.3, 0.4) is 0 Å². The highest BCUT2D eigenvalue weighted by molar-refractivity contribution is 7.91. The fourth-order valence-electron chi connectivity index (χ4n) is 2.88. The third-order valence-electron chi connectivity index (χ3n) is 4.22. The maximum atomic E-state index is 12.1. The number of hydrogen-bond donors (Lipinski definition) is 1. The summed E-state index contributed by atoms with van der Waals surface area (Å²) in [4.78, 5) is 18.3. The Morgan fingerprint density at radius 3 is 2.73 bits per heavy atom. The van der Waals surface area contributed by atoms with Gasteiger partial charge < -0.3 is 10.2 Å². The second kappa shape index (κ2) is 5.87. The molecule has 1 amide bonds. The molecule has 1 N–H and O–H groups in total. The lowest BCUT2D eigenvalue weighted by atomic mass is 10.1. The summed E-state index contributed by atoms with van der Waals surface area (Å²) in [6.07, 6.45) is 5.97. The second-order valence-electron chi connectivity index (χ2n) is 6.02. The molecule has 1 aromatic heterocycles. The zero-order chi connectivity index (χ0) is 15.7. The van der Waals surface area contributed by atoms with Crippen molar-refractivity contribution >= 4 is 21.4 Å². The number of carbonyl (C=O) groups excluding carboxylic acids is 1. The van der Waals surface area contributed by atoms with Gasteiger partial charge in [-0.1, -0.05) is 0 Å². The second-order valence-corrected chi connectivity index (χ2v) is 8.25. The Hall–Kier alpha value is -1.63. The Morgan fingerprint density at radius 2 is 2.14 bits per heavy atom. The molecule has 7 heteroatoms. The van der Waals surface area contributed by atoms with E-state index < -0.39 is 9.84 Å². The highest BCUT2D eigenvalue weighted by Crippen LogP contribution is 2.25. The smallest absolute Gasteiger partial charge is 0.253 e. The van der Waals surface area contributed by atoms with Crippen molar-refractivity contribution in [1.82, 2.24) is 10.3 Å². The number of anilines is 1. The van der Waals surface area contributed by atoms with Gasteiger partial charge in [-0.15, -0.1) is 0 Å². The van der Waals surface area contributed by atoms with Crippen LogP contribution in [-0.2, 0) is 9.84 Å². The Morgan fingerprint density at radius 1 is 1.36 bits per heavy atom. The largest absolute Gasteiger partial charge is 0.367 e. The molecule has 1 aliphatic heterocycles. The molecule has 0 aromatic carbocycles. The standard InChI is InChI=1S/C15H21N3O3S/c1-2-18(13-5-6-22(20,21)10-13)14-7-11(8-16-9-14)15(19)17-12-3-4-12/h7-9,12-13H,2-6,10H2,1H3,(H,17,19). The van der Waals surface area contributed by atoms with E-state index in [0.717, 1.165) is 18.5 Å². The molecule has 22 heavy (non-hydrogen) atoms. The summed E-state index contributed by atoms with van der Waals surface area (Å²) < 4.78 is 23.4. The Balaban J connectivity index is 1.78. The molecule has 1 aromatic rings. The third-order valence-corrected chi connectivity index (χ3v) is 5.97. The molecule has 2 heterocycles. The van der Waals surface area contributed by atoms with Crippen molar-refractivity contribution in [3.8, 4) is 0 Å². The molecule has 1 saturated heterocycles. The van der Waals surface area contributed by atoms with Crippen molar-refractivity contribution in [3.63, 3.8) is 0 Å². The molecule has 3 rings (SSSR count). The summed E-state index contributed by atoms with van der Waals surface area (Å²) in [5, 5.41) is 2.94. The van der Waals surface area contributed by atoms with Crippen LogP contribution in [0.15, 0.2) is 18.5 Å². The predicted molar refractivity (Wildman–Crippen MR) is 84.8 cm³/mol. The molecule has 1 aliphatic carbocycles. The van der Waals surface area contributed by atoms with Gasteiger partial charge in [0.1, 0.15) is 0 Å². The van der Waals surface area contributed by atoms with Gasteiger partial charge in [0, 0.05) is 24.8 Å². The summed E-state index contributed by atoms with van der Waals surface area (Å²) in [6, 6.07) is 2.08. The van der Waals surface area contributed by atoms with Gasteiger partial charge in [-0.05, 0) is 32.3 Å². The number of hydrogen-bond acceptors (Lipinski definition) is 5. The van der Waals surface area contributed by atoms with Crippen molar-refractivity contribution < 1.29 is 13.2 Å². The Bertz CT molecular complexity index is 670. The monoisotopic (exact) mass is 323 g/mol. The van der Waals surface area contributed by atoms with Gasteiger partial charge in [0.05, 0.1) is 29.0 Å². The van der Waals surface area contributed by atoms with Crippen LogP contribution in [0.5, 0.6) is 0 Å². The van der Waals surface area contributed by atoms with E-state index in [-0.39, 0.29) is 23.5 Å². The molecule has 1 unspecified atom stereocenters. The van der Waals surface area contributed by atoms with Gasteiger partial charge in [-0.2, -0.15) is 0 Å². The number of amides is 1. The number of nitrogens with one attached hydrogen (secondary N) is 1. The van der Waals surface area contributed by atoms with Gasteiger partial charge in [0.25, 0.3) is 5.91 Å². The van der Waals surface area contributed by atoms with E-state index in [4.69, 9.17) is 0 Å². The van der Waals surface area contributed by atoms with E-state index in [0.29, 0.717) is 24.6 Å². The quantitative estimate of drug-likeness (QED) is 0.874. The molecule has 6 nitrogen and oxygen atoms in total. The number of rotatable bonds is 5. The van der Waals surface area contributed by atoms with Crippen LogP contribution in [0.4, 0.5) is 5.69 Å². The van der Waals surface area contributed by atoms with E-state index in [2.05, 4.69) is 10.3 Å². The molecule has 0 spiro atoms. The number of aromatic nitrogens is 1. The fourth-order valence-corrected chi connectivity index (χ4v) is 4.61. The minimum atomic E-state index is -2.93. The number of sulfone groups is 1. The van der Waals surface area contributed by atoms with Crippen LogP contribution in [0.1, 0.15) is 36.5 Å². The first-order valence-electron chi connectivity index (χ1n) is 7.71. The lowest BCUT2D eigenvalue weighted by Crippen LogP contribution is -2.36. The van der Waals surface area contributed by atoms with Gasteiger partial charge in [0.15, 0.2) is 9.84 Å². The molecule has 1 atom stereocenters. The minimum Gasteiger partial charge on any atom is -0.367 e. The Labute approximate surface area is 130 Å². The van der Waals surface area contributed by atoms with Crippen molar-refractivity contribution in [3.05, 3.63) is 24.0 Å². The van der Waals surface area contributed by atoms with E-state index in [1.165, 1.54) is 0 Å². The van der Waals surface area contributed by atoms with E-state index in [1.54, 1.807) is 18.5 Å². The lowest BCUT2D eigenvalue weighted by Gasteiger charge is -2.29. The topological polar surface area (TPSA) is 79.4 Å².